The van der Waals surface area contributed by atoms with Crippen LogP contribution in [0.2, 0.25) is 0 Å². The molecular weight excluding hydrogens is 240 g/mol. The summed E-state index contributed by atoms with van der Waals surface area (Å²) < 4.78 is 0. The highest BCUT2D eigenvalue weighted by molar-refractivity contribution is 5.78. The minimum Gasteiger partial charge on any atom is -0.367 e. The number of carbonyl (C=O) groups is 1. The van der Waals surface area contributed by atoms with Gasteiger partial charge in [-0.05, 0) is 32.6 Å². The molecule has 0 bridgehead atoms. The van der Waals surface area contributed by atoms with Gasteiger partial charge in [0.1, 0.15) is 12.1 Å². The Kier molecular flexibility index (Phi) is 4.35. The Morgan fingerprint density at radius 2 is 1.95 bits per heavy atom. The summed E-state index contributed by atoms with van der Waals surface area (Å²) in [5.74, 6) is 1.34. The fraction of sp³-hybridized carbons (Fsp3) is 0.643. The molecule has 0 unspecified atom stereocenters. The van der Waals surface area contributed by atoms with Crippen molar-refractivity contribution in [2.24, 2.45) is 5.92 Å². The molecule has 1 aromatic rings. The van der Waals surface area contributed by atoms with Crippen molar-refractivity contribution in [1.82, 2.24) is 14.9 Å². The van der Waals surface area contributed by atoms with Crippen molar-refractivity contribution < 1.29 is 4.79 Å². The van der Waals surface area contributed by atoms with Crippen LogP contribution in [0, 0.1) is 12.8 Å². The van der Waals surface area contributed by atoms with Crippen LogP contribution >= 0.6 is 0 Å². The van der Waals surface area contributed by atoms with Gasteiger partial charge in [0.25, 0.3) is 0 Å². The summed E-state index contributed by atoms with van der Waals surface area (Å²) in [5, 5.41) is 3.43. The highest BCUT2D eigenvalue weighted by atomic mass is 16.2. The standard InChI is InChI=1S/C14H22N4O/c1-10-8-13(16-9-15-10)17-12-6-4-11(5-7-12)14(19)18(2)3/h8-9,11-12H,4-7H2,1-3H3,(H,15,16,17)/t11-,12+. The number of hydrogen-bond acceptors (Lipinski definition) is 4. The minimum absolute atomic E-state index is 0.195. The third-order valence-electron chi connectivity index (χ3n) is 3.67. The second-order valence-corrected chi connectivity index (χ2v) is 5.47. The van der Waals surface area contributed by atoms with Crippen LogP contribution < -0.4 is 5.32 Å². The van der Waals surface area contributed by atoms with E-state index in [9.17, 15) is 4.79 Å². The lowest BCUT2D eigenvalue weighted by atomic mass is 9.85. The van der Waals surface area contributed by atoms with Crippen LogP contribution in [0.15, 0.2) is 12.4 Å². The van der Waals surface area contributed by atoms with Gasteiger partial charge in [-0.25, -0.2) is 9.97 Å². The van der Waals surface area contributed by atoms with Crippen LogP contribution in [0.1, 0.15) is 31.4 Å². The number of amides is 1. The first kappa shape index (κ1) is 13.8. The molecule has 0 aromatic carbocycles. The molecule has 1 amide bonds. The molecule has 1 fully saturated rings. The van der Waals surface area contributed by atoms with E-state index in [1.807, 2.05) is 27.1 Å². The van der Waals surface area contributed by atoms with Crippen LogP contribution in [0.25, 0.3) is 0 Å². The predicted molar refractivity (Wildman–Crippen MR) is 74.8 cm³/mol. The molecular formula is C14H22N4O. The molecule has 0 spiro atoms. The van der Waals surface area contributed by atoms with Gasteiger partial charge in [-0.1, -0.05) is 0 Å². The van der Waals surface area contributed by atoms with Gasteiger partial charge < -0.3 is 10.2 Å². The SMILES string of the molecule is Cc1cc(N[C@H]2CC[C@@H](C(=O)N(C)C)CC2)ncn1. The smallest absolute Gasteiger partial charge is 0.225 e. The first-order valence-corrected chi connectivity index (χ1v) is 6.82. The number of nitrogens with one attached hydrogen (secondary N) is 1. The number of rotatable bonds is 3. The van der Waals surface area contributed by atoms with E-state index in [1.54, 1.807) is 11.2 Å². The molecule has 19 heavy (non-hydrogen) atoms. The van der Waals surface area contributed by atoms with E-state index in [0.717, 1.165) is 37.2 Å². The number of aryl methyl sites for hydroxylation is 1. The third-order valence-corrected chi connectivity index (χ3v) is 3.67. The average molecular weight is 262 g/mol. The van der Waals surface area contributed by atoms with E-state index < -0.39 is 0 Å². The van der Waals surface area contributed by atoms with E-state index in [1.165, 1.54) is 0 Å². The van der Waals surface area contributed by atoms with Gasteiger partial charge in [0.15, 0.2) is 0 Å². The van der Waals surface area contributed by atoms with Crippen LogP contribution in [-0.2, 0) is 4.79 Å². The fourth-order valence-corrected chi connectivity index (χ4v) is 2.59. The molecule has 0 radical (unpaired) electrons. The monoisotopic (exact) mass is 262 g/mol. The lowest BCUT2D eigenvalue weighted by Crippen LogP contribution is -2.35. The van der Waals surface area contributed by atoms with Crippen LogP contribution in [-0.4, -0.2) is 40.9 Å². The van der Waals surface area contributed by atoms with E-state index in [2.05, 4.69) is 15.3 Å². The predicted octanol–water partition coefficient (Wildman–Crippen LogP) is 1.84. The van der Waals surface area contributed by atoms with Crippen molar-refractivity contribution in [3.05, 3.63) is 18.1 Å². The largest absolute Gasteiger partial charge is 0.367 e. The van der Waals surface area contributed by atoms with Gasteiger partial charge in [0.05, 0.1) is 0 Å². The van der Waals surface area contributed by atoms with Gasteiger partial charge in [-0.2, -0.15) is 0 Å². The molecule has 2 rings (SSSR count). The Bertz CT molecular complexity index is 439. The molecule has 1 aliphatic carbocycles. The zero-order valence-electron chi connectivity index (χ0n) is 11.9. The van der Waals surface area contributed by atoms with Gasteiger partial charge in [0, 0.05) is 37.8 Å². The van der Waals surface area contributed by atoms with Crippen molar-refractivity contribution in [3.8, 4) is 0 Å². The number of carbonyl (C=O) groups excluding carboxylic acids is 1. The minimum atomic E-state index is 0.195. The lowest BCUT2D eigenvalue weighted by Gasteiger charge is -2.30. The Labute approximate surface area is 114 Å². The van der Waals surface area contributed by atoms with Crippen molar-refractivity contribution in [2.75, 3.05) is 19.4 Å². The summed E-state index contributed by atoms with van der Waals surface area (Å²) in [6.07, 6.45) is 5.54. The van der Waals surface area contributed by atoms with Crippen LogP contribution in [0.5, 0.6) is 0 Å². The summed E-state index contributed by atoms with van der Waals surface area (Å²) in [6.45, 7) is 1.96. The molecule has 1 heterocycles. The molecule has 0 aliphatic heterocycles. The summed E-state index contributed by atoms with van der Waals surface area (Å²) in [7, 11) is 3.66. The fourth-order valence-electron chi connectivity index (χ4n) is 2.59. The highest BCUT2D eigenvalue weighted by Gasteiger charge is 2.27. The van der Waals surface area contributed by atoms with E-state index in [-0.39, 0.29) is 11.8 Å². The van der Waals surface area contributed by atoms with Gasteiger partial charge in [-0.15, -0.1) is 0 Å². The molecule has 1 saturated carbocycles. The van der Waals surface area contributed by atoms with Crippen molar-refractivity contribution in [2.45, 2.75) is 38.6 Å². The topological polar surface area (TPSA) is 58.1 Å². The van der Waals surface area contributed by atoms with E-state index >= 15 is 0 Å². The number of hydrogen-bond donors (Lipinski definition) is 1. The van der Waals surface area contributed by atoms with Crippen molar-refractivity contribution in [3.63, 3.8) is 0 Å². The Morgan fingerprint density at radius 1 is 1.26 bits per heavy atom. The molecule has 0 saturated heterocycles. The highest BCUT2D eigenvalue weighted by Crippen LogP contribution is 2.27. The Hall–Kier alpha value is -1.65. The quantitative estimate of drug-likeness (QED) is 0.903. The molecule has 104 valence electrons. The Morgan fingerprint density at radius 3 is 2.53 bits per heavy atom. The maximum absolute atomic E-state index is 11.9. The normalized spacial score (nSPS) is 22.9. The molecule has 0 atom stereocenters. The number of nitrogens with zero attached hydrogens (tertiary/aromatic N) is 3. The molecule has 1 N–H and O–H groups in total. The second kappa shape index (κ2) is 5.99. The van der Waals surface area contributed by atoms with Crippen LogP contribution in [0.4, 0.5) is 5.82 Å². The van der Waals surface area contributed by atoms with Gasteiger partial charge >= 0.3 is 0 Å². The van der Waals surface area contributed by atoms with Gasteiger partial charge in [0.2, 0.25) is 5.91 Å². The van der Waals surface area contributed by atoms with Crippen molar-refractivity contribution in [1.29, 1.82) is 0 Å². The zero-order chi connectivity index (χ0) is 13.8. The molecule has 5 heteroatoms. The first-order chi connectivity index (χ1) is 9.06. The summed E-state index contributed by atoms with van der Waals surface area (Å²) in [4.78, 5) is 21.9. The summed E-state index contributed by atoms with van der Waals surface area (Å²) >= 11 is 0. The Balaban J connectivity index is 1.85. The number of aromatic nitrogens is 2. The first-order valence-electron chi connectivity index (χ1n) is 6.82. The summed E-state index contributed by atoms with van der Waals surface area (Å²) in [5.41, 5.74) is 0.967. The van der Waals surface area contributed by atoms with Gasteiger partial charge in [-0.3, -0.25) is 4.79 Å². The average Bonchev–Trinajstić information content (AvgIpc) is 2.39. The maximum atomic E-state index is 11.9. The third kappa shape index (κ3) is 3.66. The zero-order valence-corrected chi connectivity index (χ0v) is 11.9. The molecule has 1 aliphatic rings. The van der Waals surface area contributed by atoms with Crippen LogP contribution in [0.3, 0.4) is 0 Å². The lowest BCUT2D eigenvalue weighted by molar-refractivity contribution is -0.133. The summed E-state index contributed by atoms with van der Waals surface area (Å²) in [6, 6.07) is 2.37. The molecule has 1 aromatic heterocycles. The van der Waals surface area contributed by atoms with E-state index in [0.29, 0.717) is 6.04 Å². The number of anilines is 1. The van der Waals surface area contributed by atoms with E-state index in [4.69, 9.17) is 0 Å². The van der Waals surface area contributed by atoms with Crippen molar-refractivity contribution >= 4 is 11.7 Å². The second-order valence-electron chi connectivity index (χ2n) is 5.47. The maximum Gasteiger partial charge on any atom is 0.225 e. The molecule has 5 nitrogen and oxygen atoms in total.